The molecule has 0 atom stereocenters. The summed E-state index contributed by atoms with van der Waals surface area (Å²) in [6.45, 7) is 2.85. The van der Waals surface area contributed by atoms with Crippen LogP contribution in [-0.2, 0) is 6.61 Å². The number of hydrogen-bond donors (Lipinski definition) is 0. The van der Waals surface area contributed by atoms with Gasteiger partial charge in [-0.05, 0) is 36.8 Å². The lowest BCUT2D eigenvalue weighted by atomic mass is 10.2. The van der Waals surface area contributed by atoms with E-state index < -0.39 is 11.6 Å². The van der Waals surface area contributed by atoms with E-state index in [2.05, 4.69) is 9.98 Å². The van der Waals surface area contributed by atoms with Crippen molar-refractivity contribution in [3.8, 4) is 5.75 Å². The molecule has 0 N–H and O–H groups in total. The van der Waals surface area contributed by atoms with Crippen molar-refractivity contribution in [1.82, 2.24) is 9.88 Å². The first-order chi connectivity index (χ1) is 10.6. The van der Waals surface area contributed by atoms with Gasteiger partial charge >= 0.3 is 0 Å². The van der Waals surface area contributed by atoms with Crippen LogP contribution in [0.3, 0.4) is 0 Å². The maximum Gasteiger partial charge on any atom is 0.196 e. The van der Waals surface area contributed by atoms with E-state index >= 15 is 0 Å². The van der Waals surface area contributed by atoms with E-state index in [-0.39, 0.29) is 6.61 Å². The predicted octanol–water partition coefficient (Wildman–Crippen LogP) is 3.55. The Labute approximate surface area is 128 Å². The van der Waals surface area contributed by atoms with Gasteiger partial charge < -0.3 is 9.64 Å². The maximum absolute atomic E-state index is 13.1. The van der Waals surface area contributed by atoms with Crippen molar-refractivity contribution < 1.29 is 13.5 Å². The van der Waals surface area contributed by atoms with Gasteiger partial charge in [0.05, 0.1) is 6.34 Å². The molecular formula is C16H17F2N3O. The third kappa shape index (κ3) is 4.51. The van der Waals surface area contributed by atoms with Crippen molar-refractivity contribution in [3.05, 3.63) is 53.7 Å². The van der Waals surface area contributed by atoms with Crippen LogP contribution in [0.1, 0.15) is 12.5 Å². The minimum absolute atomic E-state index is 0.0342. The van der Waals surface area contributed by atoms with Crippen molar-refractivity contribution in [2.75, 3.05) is 13.6 Å². The number of benzene rings is 1. The Balaban J connectivity index is 2.11. The SMILES string of the molecule is CCN(C)/C=N/c1ncccc1OCc1cc(F)cc(F)c1. The Morgan fingerprint density at radius 1 is 1.27 bits per heavy atom. The molecule has 116 valence electrons. The number of aliphatic imine (C=N–C) groups is 1. The number of ether oxygens (including phenoxy) is 1. The molecule has 1 aromatic carbocycles. The Morgan fingerprint density at radius 3 is 2.68 bits per heavy atom. The molecule has 2 aromatic rings. The fourth-order valence-corrected chi connectivity index (χ4v) is 1.68. The summed E-state index contributed by atoms with van der Waals surface area (Å²) in [7, 11) is 1.89. The lowest BCUT2D eigenvalue weighted by Gasteiger charge is -2.10. The highest BCUT2D eigenvalue weighted by molar-refractivity contribution is 5.62. The summed E-state index contributed by atoms with van der Waals surface area (Å²) in [6, 6.07) is 6.70. The van der Waals surface area contributed by atoms with E-state index in [1.54, 1.807) is 24.7 Å². The summed E-state index contributed by atoms with van der Waals surface area (Å²) in [4.78, 5) is 10.3. The number of aromatic nitrogens is 1. The monoisotopic (exact) mass is 305 g/mol. The minimum atomic E-state index is -0.632. The normalized spacial score (nSPS) is 10.9. The molecule has 0 fully saturated rings. The summed E-state index contributed by atoms with van der Waals surface area (Å²) >= 11 is 0. The second kappa shape index (κ2) is 7.49. The molecule has 0 saturated heterocycles. The van der Waals surface area contributed by atoms with E-state index in [1.165, 1.54) is 12.1 Å². The molecule has 0 bridgehead atoms. The van der Waals surface area contributed by atoms with Crippen LogP contribution in [0.2, 0.25) is 0 Å². The molecule has 0 aliphatic heterocycles. The highest BCUT2D eigenvalue weighted by atomic mass is 19.1. The van der Waals surface area contributed by atoms with Gasteiger partial charge in [-0.1, -0.05) is 0 Å². The average molecular weight is 305 g/mol. The van der Waals surface area contributed by atoms with Crippen LogP contribution in [0.4, 0.5) is 14.6 Å². The lowest BCUT2D eigenvalue weighted by Crippen LogP contribution is -2.14. The molecule has 0 amide bonds. The van der Waals surface area contributed by atoms with E-state index in [9.17, 15) is 8.78 Å². The van der Waals surface area contributed by atoms with Gasteiger partial charge in [-0.15, -0.1) is 0 Å². The van der Waals surface area contributed by atoms with E-state index in [0.717, 1.165) is 12.6 Å². The van der Waals surface area contributed by atoms with Crippen molar-refractivity contribution in [3.63, 3.8) is 0 Å². The van der Waals surface area contributed by atoms with Crippen molar-refractivity contribution in [2.45, 2.75) is 13.5 Å². The van der Waals surface area contributed by atoms with Crippen LogP contribution in [0.15, 0.2) is 41.5 Å². The van der Waals surface area contributed by atoms with Gasteiger partial charge in [0.15, 0.2) is 11.6 Å². The number of hydrogen-bond acceptors (Lipinski definition) is 3. The Kier molecular flexibility index (Phi) is 5.41. The van der Waals surface area contributed by atoms with Crippen molar-refractivity contribution in [1.29, 1.82) is 0 Å². The predicted molar refractivity (Wildman–Crippen MR) is 81.4 cm³/mol. The van der Waals surface area contributed by atoms with Crippen LogP contribution >= 0.6 is 0 Å². The van der Waals surface area contributed by atoms with Crippen LogP contribution in [0, 0.1) is 11.6 Å². The molecule has 0 aliphatic rings. The summed E-state index contributed by atoms with van der Waals surface area (Å²) in [5, 5.41) is 0. The van der Waals surface area contributed by atoms with Crippen LogP contribution in [0.5, 0.6) is 5.75 Å². The number of rotatable bonds is 6. The van der Waals surface area contributed by atoms with Gasteiger partial charge in [-0.25, -0.2) is 18.8 Å². The minimum Gasteiger partial charge on any atom is -0.485 e. The highest BCUT2D eigenvalue weighted by Gasteiger charge is 2.05. The van der Waals surface area contributed by atoms with Crippen LogP contribution < -0.4 is 4.74 Å². The summed E-state index contributed by atoms with van der Waals surface area (Å²) in [5.74, 6) is -0.396. The zero-order valence-corrected chi connectivity index (χ0v) is 12.5. The van der Waals surface area contributed by atoms with Gasteiger partial charge in [-0.3, -0.25) is 0 Å². The third-order valence-corrected chi connectivity index (χ3v) is 2.94. The topological polar surface area (TPSA) is 37.7 Å². The third-order valence-electron chi connectivity index (χ3n) is 2.94. The summed E-state index contributed by atoms with van der Waals surface area (Å²) in [6.07, 6.45) is 3.25. The first-order valence-corrected chi connectivity index (χ1v) is 6.85. The van der Waals surface area contributed by atoms with Crippen molar-refractivity contribution >= 4 is 12.2 Å². The standard InChI is InChI=1S/C16H17F2N3O/c1-3-21(2)11-20-16-15(5-4-6-19-16)22-10-12-7-13(17)9-14(18)8-12/h4-9,11H,3,10H2,1-2H3/b20-11+. The van der Waals surface area contributed by atoms with Gasteiger partial charge in [0.2, 0.25) is 0 Å². The van der Waals surface area contributed by atoms with Crippen LogP contribution in [-0.4, -0.2) is 29.8 Å². The lowest BCUT2D eigenvalue weighted by molar-refractivity contribution is 0.305. The van der Waals surface area contributed by atoms with Crippen molar-refractivity contribution in [2.24, 2.45) is 4.99 Å². The first-order valence-electron chi connectivity index (χ1n) is 6.85. The smallest absolute Gasteiger partial charge is 0.196 e. The highest BCUT2D eigenvalue weighted by Crippen LogP contribution is 2.24. The van der Waals surface area contributed by atoms with Gasteiger partial charge in [0.1, 0.15) is 18.2 Å². The average Bonchev–Trinajstić information content (AvgIpc) is 2.50. The fourth-order valence-electron chi connectivity index (χ4n) is 1.68. The Bertz CT molecular complexity index is 641. The van der Waals surface area contributed by atoms with E-state index in [0.29, 0.717) is 17.1 Å². The zero-order valence-electron chi connectivity index (χ0n) is 12.5. The number of halogens is 2. The van der Waals surface area contributed by atoms with Gasteiger partial charge in [0.25, 0.3) is 0 Å². The molecule has 0 aliphatic carbocycles. The number of nitrogens with zero attached hydrogens (tertiary/aromatic N) is 3. The quantitative estimate of drug-likeness (QED) is 0.605. The second-order valence-electron chi connectivity index (χ2n) is 4.71. The molecule has 0 saturated carbocycles. The summed E-state index contributed by atoms with van der Waals surface area (Å²) in [5.41, 5.74) is 0.405. The van der Waals surface area contributed by atoms with E-state index in [1.807, 2.05) is 18.9 Å². The maximum atomic E-state index is 13.1. The molecule has 1 aromatic heterocycles. The molecule has 0 spiro atoms. The first kappa shape index (κ1) is 15.9. The van der Waals surface area contributed by atoms with Gasteiger partial charge in [0, 0.05) is 25.9 Å². The van der Waals surface area contributed by atoms with Gasteiger partial charge in [-0.2, -0.15) is 0 Å². The molecular weight excluding hydrogens is 288 g/mol. The molecule has 1 heterocycles. The molecule has 0 radical (unpaired) electrons. The molecule has 4 nitrogen and oxygen atoms in total. The second-order valence-corrected chi connectivity index (χ2v) is 4.71. The largest absolute Gasteiger partial charge is 0.485 e. The Hall–Kier alpha value is -2.50. The molecule has 6 heteroatoms. The zero-order chi connectivity index (χ0) is 15.9. The molecule has 0 unspecified atom stereocenters. The molecule has 22 heavy (non-hydrogen) atoms. The summed E-state index contributed by atoms with van der Waals surface area (Å²) < 4.78 is 31.9. The fraction of sp³-hybridized carbons (Fsp3) is 0.250. The number of pyridine rings is 1. The van der Waals surface area contributed by atoms with E-state index in [4.69, 9.17) is 4.74 Å². The Morgan fingerprint density at radius 2 is 2.00 bits per heavy atom. The molecule has 2 rings (SSSR count). The van der Waals surface area contributed by atoms with Crippen LogP contribution in [0.25, 0.3) is 0 Å².